The van der Waals surface area contributed by atoms with Gasteiger partial charge in [-0.1, -0.05) is 0 Å². The molecule has 31 valence electrons. The van der Waals surface area contributed by atoms with E-state index in [0.717, 1.165) is 0 Å². The third-order valence-electron chi connectivity index (χ3n) is 0. The first-order valence-electron chi connectivity index (χ1n) is 0. The van der Waals surface area contributed by atoms with Gasteiger partial charge in [0.15, 0.2) is 0 Å². The maximum Gasteiger partial charge on any atom is 3.00 e. The zero-order chi connectivity index (χ0) is 0. The molecule has 0 heterocycles. The van der Waals surface area contributed by atoms with Crippen LogP contribution >= 0.6 is 0 Å². The van der Waals surface area contributed by atoms with Gasteiger partial charge in [0.1, 0.15) is 0 Å². The van der Waals surface area contributed by atoms with E-state index in [1.165, 1.54) is 0 Å². The van der Waals surface area contributed by atoms with E-state index in [9.17, 15) is 0 Å². The minimum Gasteiger partial charge on any atom is -0.870 e. The summed E-state index contributed by atoms with van der Waals surface area (Å²) in [5.41, 5.74) is 0. The van der Waals surface area contributed by atoms with Gasteiger partial charge >= 0.3 is 20.4 Å². The molecular weight excluding hydrogens is 154 g/mol. The summed E-state index contributed by atoms with van der Waals surface area (Å²) in [5.74, 6) is 0. The van der Waals surface area contributed by atoms with Crippen molar-refractivity contribution in [1.29, 1.82) is 0 Å². The molecule has 0 rings (SSSR count). The van der Waals surface area contributed by atoms with E-state index in [-0.39, 0.29) is 36.9 Å². The fourth-order valence-electron chi connectivity index (χ4n) is 0. The van der Waals surface area contributed by atoms with Gasteiger partial charge in [0.25, 0.3) is 0 Å². The van der Waals surface area contributed by atoms with E-state index in [4.69, 9.17) is 0 Å². The summed E-state index contributed by atoms with van der Waals surface area (Å²) in [7, 11) is 0. The molecular formula is H3O3Pd. The van der Waals surface area contributed by atoms with Gasteiger partial charge in [-0.3, -0.25) is 0 Å². The number of rotatable bonds is 0. The van der Waals surface area contributed by atoms with E-state index in [0.29, 0.717) is 0 Å². The summed E-state index contributed by atoms with van der Waals surface area (Å²) in [6, 6.07) is 0. The van der Waals surface area contributed by atoms with Gasteiger partial charge in [-0.15, -0.1) is 0 Å². The third kappa shape index (κ3) is 20.6. The van der Waals surface area contributed by atoms with Crippen LogP contribution in [0.1, 0.15) is 0 Å². The molecule has 0 atom stereocenters. The predicted molar refractivity (Wildman–Crippen MR) is 5.81 cm³/mol. The molecule has 4 heavy (non-hydrogen) atoms. The quantitative estimate of drug-likeness (QED) is 0.443. The second-order valence-corrected chi connectivity index (χ2v) is 0. The largest absolute Gasteiger partial charge is 3.00 e. The summed E-state index contributed by atoms with van der Waals surface area (Å²) in [5, 5.41) is 0. The molecule has 4 heteroatoms. The van der Waals surface area contributed by atoms with Gasteiger partial charge in [0.05, 0.1) is 0 Å². The first-order chi connectivity index (χ1) is 0. The van der Waals surface area contributed by atoms with Crippen LogP contribution < -0.4 is 0 Å². The molecule has 0 aliphatic rings. The fourth-order valence-corrected chi connectivity index (χ4v) is 0. The Morgan fingerprint density at radius 1 is 0.500 bits per heavy atom. The monoisotopic (exact) mass is 157 g/mol. The van der Waals surface area contributed by atoms with Crippen molar-refractivity contribution in [2.75, 3.05) is 0 Å². The summed E-state index contributed by atoms with van der Waals surface area (Å²) < 4.78 is 0. The van der Waals surface area contributed by atoms with Crippen molar-refractivity contribution in [2.45, 2.75) is 0 Å². The molecule has 0 saturated heterocycles. The second kappa shape index (κ2) is 77.8. The summed E-state index contributed by atoms with van der Waals surface area (Å²) in [6.07, 6.45) is 0. The maximum absolute atomic E-state index is 0. The molecule has 0 aromatic carbocycles. The van der Waals surface area contributed by atoms with E-state index in [1.54, 1.807) is 0 Å². The Morgan fingerprint density at radius 2 is 0.500 bits per heavy atom. The van der Waals surface area contributed by atoms with Crippen molar-refractivity contribution >= 4 is 0 Å². The first-order valence-corrected chi connectivity index (χ1v) is 0. The van der Waals surface area contributed by atoms with Crippen LogP contribution in [0, 0.1) is 0 Å². The fraction of sp³-hybridized carbons (Fsp3) is 0. The molecule has 0 aliphatic carbocycles. The van der Waals surface area contributed by atoms with Crippen LogP contribution in [0.15, 0.2) is 0 Å². The average Bonchev–Trinajstić information content (AvgIpc) is 0. The molecule has 1 radical (unpaired) electrons. The van der Waals surface area contributed by atoms with Crippen LogP contribution in [0.3, 0.4) is 0 Å². The third-order valence-corrected chi connectivity index (χ3v) is 0. The van der Waals surface area contributed by atoms with Crippen LogP contribution in [-0.4, -0.2) is 16.4 Å². The molecule has 0 aliphatic heterocycles. The predicted octanol–water partition coefficient (Wildman–Crippen LogP) is -0.533. The van der Waals surface area contributed by atoms with Gasteiger partial charge in [0, 0.05) is 0 Å². The minimum atomic E-state index is 0. The molecule has 3 nitrogen and oxygen atoms in total. The van der Waals surface area contributed by atoms with Crippen molar-refractivity contribution in [1.82, 2.24) is 0 Å². The zero-order valence-corrected chi connectivity index (χ0v) is 3.21. The molecule has 0 saturated carbocycles. The Morgan fingerprint density at radius 3 is 0.500 bits per heavy atom. The van der Waals surface area contributed by atoms with Crippen molar-refractivity contribution in [3.8, 4) is 0 Å². The van der Waals surface area contributed by atoms with E-state index >= 15 is 0 Å². The van der Waals surface area contributed by atoms with Crippen molar-refractivity contribution in [2.24, 2.45) is 0 Å². The van der Waals surface area contributed by atoms with Gasteiger partial charge in [-0.05, 0) is 0 Å². The first kappa shape index (κ1) is 194. The van der Waals surface area contributed by atoms with Crippen LogP contribution in [0.2, 0.25) is 0 Å². The Hall–Kier alpha value is 0.542. The summed E-state index contributed by atoms with van der Waals surface area (Å²) >= 11 is 0. The van der Waals surface area contributed by atoms with Crippen LogP contribution in [-0.2, 0) is 20.4 Å². The van der Waals surface area contributed by atoms with E-state index in [1.807, 2.05) is 0 Å². The molecule has 0 amide bonds. The number of hydrogen-bond donors (Lipinski definition) is 0. The molecule has 0 fully saturated rings. The smallest absolute Gasteiger partial charge is 0.870 e. The Labute approximate surface area is 37.6 Å². The molecule has 0 bridgehead atoms. The van der Waals surface area contributed by atoms with Gasteiger partial charge in [-0.2, -0.15) is 0 Å². The van der Waals surface area contributed by atoms with E-state index in [2.05, 4.69) is 0 Å². The Kier molecular flexibility index (Phi) is 3770. The molecule has 0 aromatic rings. The van der Waals surface area contributed by atoms with Gasteiger partial charge < -0.3 is 16.4 Å². The standard InChI is InChI=1S/3H2O.Pd/h3*1H2;/q;;;+3/p-3. The SMILES string of the molecule is [OH-].[OH-].[OH-].[Pd+3]. The molecule has 0 aromatic heterocycles. The van der Waals surface area contributed by atoms with Gasteiger partial charge in [0.2, 0.25) is 0 Å². The van der Waals surface area contributed by atoms with Crippen LogP contribution in [0.5, 0.6) is 0 Å². The Balaban J connectivity index is 0. The molecule has 0 spiro atoms. The van der Waals surface area contributed by atoms with Crippen molar-refractivity contribution in [3.63, 3.8) is 0 Å². The minimum absolute atomic E-state index is 0. The second-order valence-electron chi connectivity index (χ2n) is 0. The van der Waals surface area contributed by atoms with Crippen LogP contribution in [0.4, 0.5) is 0 Å². The Bertz CT molecular complexity index is 3.25. The summed E-state index contributed by atoms with van der Waals surface area (Å²) in [4.78, 5) is 0. The number of hydrogen-bond acceptors (Lipinski definition) is 3. The average molecular weight is 157 g/mol. The van der Waals surface area contributed by atoms with Crippen molar-refractivity contribution < 1.29 is 36.9 Å². The van der Waals surface area contributed by atoms with Crippen molar-refractivity contribution in [3.05, 3.63) is 0 Å². The zero-order valence-electron chi connectivity index (χ0n) is 1.66. The molecule has 0 unspecified atom stereocenters. The van der Waals surface area contributed by atoms with E-state index < -0.39 is 0 Å². The topological polar surface area (TPSA) is 90.0 Å². The molecule has 3 N–H and O–H groups in total. The normalized spacial score (nSPS) is 0. The summed E-state index contributed by atoms with van der Waals surface area (Å²) in [6.45, 7) is 0. The van der Waals surface area contributed by atoms with Crippen LogP contribution in [0.25, 0.3) is 0 Å². The van der Waals surface area contributed by atoms with Gasteiger partial charge in [-0.25, -0.2) is 0 Å². The maximum atomic E-state index is 0.